The van der Waals surface area contributed by atoms with Gasteiger partial charge in [0, 0.05) is 6.07 Å². The summed E-state index contributed by atoms with van der Waals surface area (Å²) in [6.07, 6.45) is 4.64. The molecule has 4 rings (SSSR count). The van der Waals surface area contributed by atoms with Gasteiger partial charge in [0.1, 0.15) is 11.6 Å². The molecule has 1 aromatic carbocycles. The van der Waals surface area contributed by atoms with Crippen molar-refractivity contribution in [2.24, 2.45) is 17.8 Å². The standard InChI is InChI=1S/C17H19ClFNO4S/c18-14-6-13(17(21)20-25(22,23)12-1-2-12)15(19)7-16(14)24-8-9-3-10-5-11(10)4-9/h6-7,9-12H,1-5,8H2,(H,20,21). The van der Waals surface area contributed by atoms with Gasteiger partial charge in [-0.1, -0.05) is 11.6 Å². The van der Waals surface area contributed by atoms with Crippen LogP contribution in [0.25, 0.3) is 0 Å². The molecule has 0 bridgehead atoms. The van der Waals surface area contributed by atoms with E-state index in [1.165, 1.54) is 6.42 Å². The van der Waals surface area contributed by atoms with Crippen LogP contribution in [0.1, 0.15) is 42.5 Å². The van der Waals surface area contributed by atoms with Crippen LogP contribution in [-0.4, -0.2) is 26.2 Å². The highest BCUT2D eigenvalue weighted by molar-refractivity contribution is 7.91. The number of carbonyl (C=O) groups is 1. The Morgan fingerprint density at radius 2 is 1.92 bits per heavy atom. The summed E-state index contributed by atoms with van der Waals surface area (Å²) >= 11 is 6.09. The summed E-state index contributed by atoms with van der Waals surface area (Å²) in [6.45, 7) is 0.480. The van der Waals surface area contributed by atoms with E-state index in [2.05, 4.69) is 0 Å². The van der Waals surface area contributed by atoms with Crippen LogP contribution in [0.3, 0.4) is 0 Å². The fraction of sp³-hybridized carbons (Fsp3) is 0.588. The zero-order valence-electron chi connectivity index (χ0n) is 13.5. The van der Waals surface area contributed by atoms with Crippen LogP contribution in [0.5, 0.6) is 5.75 Å². The molecule has 1 aromatic rings. The minimum atomic E-state index is -3.74. The third-order valence-corrected chi connectivity index (χ3v) is 7.39. The summed E-state index contributed by atoms with van der Waals surface area (Å²) < 4.78 is 45.4. The van der Waals surface area contributed by atoms with E-state index in [1.54, 1.807) is 0 Å². The number of benzene rings is 1. The summed E-state index contributed by atoms with van der Waals surface area (Å²) in [6, 6.07) is 2.17. The summed E-state index contributed by atoms with van der Waals surface area (Å²) in [5.74, 6) is 0.461. The second kappa shape index (κ2) is 6.13. The molecule has 0 aliphatic heterocycles. The van der Waals surface area contributed by atoms with Gasteiger partial charge in [0.15, 0.2) is 0 Å². The van der Waals surface area contributed by atoms with Crippen LogP contribution in [0.15, 0.2) is 12.1 Å². The predicted octanol–water partition coefficient (Wildman–Crippen LogP) is 3.13. The van der Waals surface area contributed by atoms with Crippen molar-refractivity contribution in [3.63, 3.8) is 0 Å². The minimum Gasteiger partial charge on any atom is -0.492 e. The summed E-state index contributed by atoms with van der Waals surface area (Å²) in [4.78, 5) is 12.1. The number of fused-ring (bicyclic) bond motifs is 1. The molecule has 3 fully saturated rings. The lowest BCUT2D eigenvalue weighted by molar-refractivity contribution is 0.0977. The summed E-state index contributed by atoms with van der Waals surface area (Å²) in [5, 5.41) is -0.464. The zero-order chi connectivity index (χ0) is 17.8. The lowest BCUT2D eigenvalue weighted by Gasteiger charge is -2.15. The molecule has 0 radical (unpaired) electrons. The topological polar surface area (TPSA) is 72.5 Å². The van der Waals surface area contributed by atoms with E-state index >= 15 is 0 Å². The van der Waals surface area contributed by atoms with Crippen LogP contribution in [0.4, 0.5) is 4.39 Å². The first-order valence-electron chi connectivity index (χ1n) is 8.51. The first-order valence-corrected chi connectivity index (χ1v) is 10.4. The molecule has 0 saturated heterocycles. The maximum absolute atomic E-state index is 14.2. The van der Waals surface area contributed by atoms with Crippen LogP contribution in [-0.2, 0) is 10.0 Å². The van der Waals surface area contributed by atoms with Crippen molar-refractivity contribution in [2.75, 3.05) is 6.61 Å². The van der Waals surface area contributed by atoms with E-state index in [-0.39, 0.29) is 10.8 Å². The molecule has 3 aliphatic carbocycles. The lowest BCUT2D eigenvalue weighted by Crippen LogP contribution is -2.33. The Morgan fingerprint density at radius 3 is 2.56 bits per heavy atom. The third-order valence-electron chi connectivity index (χ3n) is 5.28. The molecular formula is C17H19ClFNO4S. The van der Waals surface area contributed by atoms with Crippen LogP contribution in [0, 0.1) is 23.6 Å². The molecule has 25 heavy (non-hydrogen) atoms. The highest BCUT2D eigenvalue weighted by Crippen LogP contribution is 2.54. The minimum absolute atomic E-state index is 0.0959. The highest BCUT2D eigenvalue weighted by Gasteiger charge is 2.45. The predicted molar refractivity (Wildman–Crippen MR) is 90.6 cm³/mol. The van der Waals surface area contributed by atoms with Gasteiger partial charge >= 0.3 is 0 Å². The summed E-state index contributed by atoms with van der Waals surface area (Å²) in [5.41, 5.74) is -0.399. The average Bonchev–Trinajstić information content (AvgIpc) is 3.46. The van der Waals surface area contributed by atoms with Gasteiger partial charge in [0.25, 0.3) is 5.91 Å². The van der Waals surface area contributed by atoms with Crippen molar-refractivity contribution in [3.8, 4) is 5.75 Å². The number of amides is 1. The van der Waals surface area contributed by atoms with Crippen molar-refractivity contribution < 1.29 is 22.3 Å². The monoisotopic (exact) mass is 387 g/mol. The molecule has 0 aromatic heterocycles. The fourth-order valence-corrected chi connectivity index (χ4v) is 5.15. The number of halogens is 2. The van der Waals surface area contributed by atoms with Crippen molar-refractivity contribution in [1.29, 1.82) is 0 Å². The molecule has 5 nitrogen and oxygen atoms in total. The van der Waals surface area contributed by atoms with E-state index < -0.39 is 32.6 Å². The van der Waals surface area contributed by atoms with Gasteiger partial charge in [-0.25, -0.2) is 17.5 Å². The van der Waals surface area contributed by atoms with E-state index in [4.69, 9.17) is 16.3 Å². The van der Waals surface area contributed by atoms with Crippen molar-refractivity contribution in [2.45, 2.75) is 37.4 Å². The smallest absolute Gasteiger partial charge is 0.267 e. The number of nitrogens with one attached hydrogen (secondary N) is 1. The van der Waals surface area contributed by atoms with Gasteiger partial charge in [-0.15, -0.1) is 0 Å². The number of hydrogen-bond acceptors (Lipinski definition) is 4. The number of hydrogen-bond donors (Lipinski definition) is 1. The summed E-state index contributed by atoms with van der Waals surface area (Å²) in [7, 11) is -3.74. The van der Waals surface area contributed by atoms with Crippen molar-refractivity contribution in [3.05, 3.63) is 28.5 Å². The van der Waals surface area contributed by atoms with E-state index in [0.29, 0.717) is 25.4 Å². The van der Waals surface area contributed by atoms with Gasteiger partial charge in [-0.05, 0) is 55.9 Å². The average molecular weight is 388 g/mol. The number of sulfonamides is 1. The van der Waals surface area contributed by atoms with Crippen molar-refractivity contribution >= 4 is 27.5 Å². The van der Waals surface area contributed by atoms with Gasteiger partial charge in [0.2, 0.25) is 10.0 Å². The molecule has 1 N–H and O–H groups in total. The molecule has 136 valence electrons. The Bertz CT molecular complexity index is 814. The van der Waals surface area contributed by atoms with Gasteiger partial charge in [-0.2, -0.15) is 0 Å². The van der Waals surface area contributed by atoms with Crippen LogP contribution < -0.4 is 9.46 Å². The molecular weight excluding hydrogens is 369 g/mol. The molecule has 0 spiro atoms. The second-order valence-corrected chi connectivity index (χ2v) is 9.71. The normalized spacial score (nSPS) is 27.7. The Kier molecular flexibility index (Phi) is 4.19. The Labute approximate surface area is 150 Å². The molecule has 8 heteroatoms. The Balaban J connectivity index is 1.42. The number of rotatable bonds is 6. The number of carbonyl (C=O) groups excluding carboxylic acids is 1. The van der Waals surface area contributed by atoms with Crippen molar-refractivity contribution in [1.82, 2.24) is 4.72 Å². The fourth-order valence-electron chi connectivity index (χ4n) is 3.64. The van der Waals surface area contributed by atoms with E-state index in [1.807, 2.05) is 4.72 Å². The SMILES string of the molecule is O=C(NS(=O)(=O)C1CC1)c1cc(Cl)c(OCC2CC3CC3C2)cc1F. The maximum atomic E-state index is 14.2. The Morgan fingerprint density at radius 1 is 1.24 bits per heavy atom. The van der Waals surface area contributed by atoms with Crippen LogP contribution >= 0.6 is 11.6 Å². The van der Waals surface area contributed by atoms with E-state index in [0.717, 1.165) is 36.8 Å². The van der Waals surface area contributed by atoms with E-state index in [9.17, 15) is 17.6 Å². The first-order chi connectivity index (χ1) is 11.8. The quantitative estimate of drug-likeness (QED) is 0.814. The molecule has 1 amide bonds. The largest absolute Gasteiger partial charge is 0.492 e. The van der Waals surface area contributed by atoms with Crippen LogP contribution in [0.2, 0.25) is 5.02 Å². The van der Waals surface area contributed by atoms with Gasteiger partial charge in [-0.3, -0.25) is 4.79 Å². The zero-order valence-corrected chi connectivity index (χ0v) is 15.1. The highest BCUT2D eigenvalue weighted by atomic mass is 35.5. The second-order valence-electron chi connectivity index (χ2n) is 7.34. The Hall–Kier alpha value is -1.34. The van der Waals surface area contributed by atoms with Gasteiger partial charge in [0.05, 0.1) is 22.4 Å². The van der Waals surface area contributed by atoms with Gasteiger partial charge < -0.3 is 4.74 Å². The molecule has 3 aliphatic rings. The molecule has 2 atom stereocenters. The number of ether oxygens (including phenoxy) is 1. The third kappa shape index (κ3) is 3.62. The molecule has 2 unspecified atom stereocenters. The first kappa shape index (κ1) is 17.1. The molecule has 0 heterocycles. The maximum Gasteiger partial charge on any atom is 0.267 e. The lowest BCUT2D eigenvalue weighted by atomic mass is 10.1. The molecule has 3 saturated carbocycles.